The van der Waals surface area contributed by atoms with Gasteiger partial charge in [0.15, 0.2) is 0 Å². The zero-order valence-electron chi connectivity index (χ0n) is 13.1. The van der Waals surface area contributed by atoms with Gasteiger partial charge in [0.25, 0.3) is 0 Å². The number of rotatable bonds is 4. The zero-order valence-corrected chi connectivity index (χ0v) is 13.9. The molecule has 3 rings (SSSR count). The molecule has 1 fully saturated rings. The molecule has 1 aromatic carbocycles. The van der Waals surface area contributed by atoms with E-state index < -0.39 is 0 Å². The van der Waals surface area contributed by atoms with Crippen molar-refractivity contribution in [3.63, 3.8) is 0 Å². The molecular weight excluding hydrogens is 282 g/mol. The molecule has 1 aliphatic heterocycles. The Kier molecular flexibility index (Phi) is 4.46. The molecule has 1 N–H and O–H groups in total. The van der Waals surface area contributed by atoms with Crippen LogP contribution < -0.4 is 10.1 Å². The van der Waals surface area contributed by atoms with E-state index in [9.17, 15) is 0 Å². The van der Waals surface area contributed by atoms with E-state index in [1.807, 2.05) is 6.07 Å². The number of nitrogens with one attached hydrogen (secondary N) is 1. The summed E-state index contributed by atoms with van der Waals surface area (Å²) in [6, 6.07) is 6.45. The summed E-state index contributed by atoms with van der Waals surface area (Å²) in [4.78, 5) is 0. The molecule has 1 spiro atoms. The normalized spacial score (nSPS) is 31.2. The lowest BCUT2D eigenvalue weighted by molar-refractivity contribution is 0.0328. The minimum atomic E-state index is 0.0485. The van der Waals surface area contributed by atoms with Gasteiger partial charge in [-0.25, -0.2) is 0 Å². The van der Waals surface area contributed by atoms with E-state index in [-0.39, 0.29) is 5.60 Å². The lowest BCUT2D eigenvalue weighted by Gasteiger charge is -2.40. The summed E-state index contributed by atoms with van der Waals surface area (Å²) in [5, 5.41) is 4.50. The summed E-state index contributed by atoms with van der Waals surface area (Å²) in [5.74, 6) is 1.86. The van der Waals surface area contributed by atoms with Crippen LogP contribution in [-0.2, 0) is 0 Å². The lowest BCUT2D eigenvalue weighted by Crippen LogP contribution is -2.42. The molecule has 1 saturated carbocycles. The fourth-order valence-electron chi connectivity index (χ4n) is 3.97. The smallest absolute Gasteiger partial charge is 0.125 e. The van der Waals surface area contributed by atoms with E-state index >= 15 is 0 Å². The molecule has 0 bridgehead atoms. The molecule has 116 valence electrons. The predicted octanol–water partition coefficient (Wildman–Crippen LogP) is 5.11. The lowest BCUT2D eigenvalue weighted by atomic mass is 9.85. The Balaban J connectivity index is 1.88. The fraction of sp³-hybridized carbons (Fsp3) is 0.667. The van der Waals surface area contributed by atoms with Gasteiger partial charge in [-0.15, -0.1) is 0 Å². The van der Waals surface area contributed by atoms with Gasteiger partial charge in [0.1, 0.15) is 11.4 Å². The first kappa shape index (κ1) is 15.2. The van der Waals surface area contributed by atoms with E-state index in [0.29, 0.717) is 6.04 Å². The van der Waals surface area contributed by atoms with Crippen molar-refractivity contribution in [2.24, 2.45) is 5.92 Å². The molecule has 0 amide bonds. The van der Waals surface area contributed by atoms with Crippen LogP contribution in [0, 0.1) is 5.92 Å². The maximum atomic E-state index is 6.48. The number of hydrogen-bond acceptors (Lipinski definition) is 2. The third-order valence-electron chi connectivity index (χ3n) is 5.14. The highest BCUT2D eigenvalue weighted by Crippen LogP contribution is 2.49. The molecule has 2 aliphatic rings. The molecule has 1 aromatic rings. The summed E-state index contributed by atoms with van der Waals surface area (Å²) in [6.07, 6.45) is 7.20. The Labute approximate surface area is 133 Å². The van der Waals surface area contributed by atoms with Crippen molar-refractivity contribution in [1.82, 2.24) is 5.32 Å². The molecule has 3 atom stereocenters. The molecule has 3 heteroatoms. The molecule has 1 heterocycles. The average molecular weight is 308 g/mol. The van der Waals surface area contributed by atoms with Crippen molar-refractivity contribution < 1.29 is 4.74 Å². The number of ether oxygens (including phenoxy) is 1. The van der Waals surface area contributed by atoms with Crippen molar-refractivity contribution in [3.05, 3.63) is 28.8 Å². The number of benzene rings is 1. The van der Waals surface area contributed by atoms with Crippen LogP contribution in [0.5, 0.6) is 5.75 Å². The largest absolute Gasteiger partial charge is 0.487 e. The maximum absolute atomic E-state index is 6.48. The van der Waals surface area contributed by atoms with Crippen LogP contribution in [0.15, 0.2) is 18.2 Å². The Hall–Kier alpha value is -0.730. The second kappa shape index (κ2) is 6.18. The van der Waals surface area contributed by atoms with Crippen molar-refractivity contribution >= 4 is 11.6 Å². The second-order valence-electron chi connectivity index (χ2n) is 6.70. The van der Waals surface area contributed by atoms with Crippen molar-refractivity contribution in [2.45, 2.75) is 64.0 Å². The molecule has 2 nitrogen and oxygen atoms in total. The van der Waals surface area contributed by atoms with Crippen LogP contribution in [-0.4, -0.2) is 12.1 Å². The van der Waals surface area contributed by atoms with Crippen molar-refractivity contribution in [2.75, 3.05) is 6.54 Å². The molecule has 0 radical (unpaired) electrons. The van der Waals surface area contributed by atoms with Gasteiger partial charge in [-0.2, -0.15) is 0 Å². The molecule has 0 saturated heterocycles. The van der Waals surface area contributed by atoms with Gasteiger partial charge >= 0.3 is 0 Å². The molecule has 3 unspecified atom stereocenters. The number of fused-ring (bicyclic) bond motifs is 1. The van der Waals surface area contributed by atoms with Crippen LogP contribution in [0.2, 0.25) is 5.02 Å². The Morgan fingerprint density at radius 3 is 2.90 bits per heavy atom. The number of halogens is 1. The van der Waals surface area contributed by atoms with Crippen molar-refractivity contribution in [3.8, 4) is 5.75 Å². The SMILES string of the molecule is CCCNC1CC2(CCC(CC)C2)Oc2ccc(Cl)cc21. The zero-order chi connectivity index (χ0) is 14.9. The monoisotopic (exact) mass is 307 g/mol. The summed E-state index contributed by atoms with van der Waals surface area (Å²) < 4.78 is 6.48. The number of hydrogen-bond donors (Lipinski definition) is 1. The standard InChI is InChI=1S/C18H26ClNO/c1-3-9-20-16-12-18(8-7-13(4-2)11-18)21-17-6-5-14(19)10-15(16)17/h5-6,10,13,16,20H,3-4,7-9,11-12H2,1-2H3. The highest BCUT2D eigenvalue weighted by molar-refractivity contribution is 6.30. The minimum Gasteiger partial charge on any atom is -0.487 e. The van der Waals surface area contributed by atoms with E-state index in [4.69, 9.17) is 16.3 Å². The van der Waals surface area contributed by atoms with E-state index in [1.165, 1.54) is 31.2 Å². The highest BCUT2D eigenvalue weighted by atomic mass is 35.5. The first-order valence-electron chi connectivity index (χ1n) is 8.37. The van der Waals surface area contributed by atoms with Crippen LogP contribution >= 0.6 is 11.6 Å². The van der Waals surface area contributed by atoms with Gasteiger partial charge < -0.3 is 10.1 Å². The van der Waals surface area contributed by atoms with Gasteiger partial charge in [0.2, 0.25) is 0 Å². The first-order chi connectivity index (χ1) is 10.2. The second-order valence-corrected chi connectivity index (χ2v) is 7.13. The first-order valence-corrected chi connectivity index (χ1v) is 8.75. The molecular formula is C18H26ClNO. The van der Waals surface area contributed by atoms with Gasteiger partial charge in [0, 0.05) is 23.0 Å². The summed E-state index contributed by atoms with van der Waals surface area (Å²) in [7, 11) is 0. The quantitative estimate of drug-likeness (QED) is 0.834. The Morgan fingerprint density at radius 1 is 1.33 bits per heavy atom. The summed E-state index contributed by atoms with van der Waals surface area (Å²) >= 11 is 6.19. The van der Waals surface area contributed by atoms with E-state index in [0.717, 1.165) is 36.1 Å². The van der Waals surface area contributed by atoms with Gasteiger partial charge in [-0.05, 0) is 56.3 Å². The maximum Gasteiger partial charge on any atom is 0.125 e. The molecule has 21 heavy (non-hydrogen) atoms. The third-order valence-corrected chi connectivity index (χ3v) is 5.37. The van der Waals surface area contributed by atoms with E-state index in [1.54, 1.807) is 0 Å². The average Bonchev–Trinajstić information content (AvgIpc) is 2.88. The third kappa shape index (κ3) is 3.07. The molecule has 1 aliphatic carbocycles. The van der Waals surface area contributed by atoms with Gasteiger partial charge in [-0.3, -0.25) is 0 Å². The molecule has 0 aromatic heterocycles. The highest BCUT2D eigenvalue weighted by Gasteiger charge is 2.45. The van der Waals surface area contributed by atoms with Gasteiger partial charge in [0.05, 0.1) is 0 Å². The van der Waals surface area contributed by atoms with Crippen LogP contribution in [0.1, 0.15) is 64.0 Å². The van der Waals surface area contributed by atoms with Crippen LogP contribution in [0.3, 0.4) is 0 Å². The van der Waals surface area contributed by atoms with Gasteiger partial charge in [-0.1, -0.05) is 31.9 Å². The van der Waals surface area contributed by atoms with Crippen LogP contribution in [0.25, 0.3) is 0 Å². The van der Waals surface area contributed by atoms with Crippen molar-refractivity contribution in [1.29, 1.82) is 0 Å². The summed E-state index contributed by atoms with van der Waals surface area (Å²) in [5.41, 5.74) is 1.29. The fourth-order valence-corrected chi connectivity index (χ4v) is 4.15. The summed E-state index contributed by atoms with van der Waals surface area (Å²) in [6.45, 7) is 5.56. The minimum absolute atomic E-state index is 0.0485. The van der Waals surface area contributed by atoms with E-state index in [2.05, 4.69) is 31.3 Å². The van der Waals surface area contributed by atoms with Crippen LogP contribution in [0.4, 0.5) is 0 Å². The Bertz CT molecular complexity index is 504. The topological polar surface area (TPSA) is 21.3 Å². The predicted molar refractivity (Wildman–Crippen MR) is 88.1 cm³/mol. The Morgan fingerprint density at radius 2 is 2.19 bits per heavy atom.